The number of carboxylic acid groups (broad SMARTS) is 1. The predicted octanol–water partition coefficient (Wildman–Crippen LogP) is 2.84. The van der Waals surface area contributed by atoms with Crippen LogP contribution in [0.5, 0.6) is 0 Å². The summed E-state index contributed by atoms with van der Waals surface area (Å²) in [6.45, 7) is 6.06. The maximum atomic E-state index is 10.7. The molecule has 0 unspecified atom stereocenters. The lowest BCUT2D eigenvalue weighted by Gasteiger charge is -2.12. The van der Waals surface area contributed by atoms with Crippen LogP contribution < -0.4 is 5.32 Å². The first kappa shape index (κ1) is 13.0. The van der Waals surface area contributed by atoms with Crippen molar-refractivity contribution in [3.05, 3.63) is 46.8 Å². The van der Waals surface area contributed by atoms with Crippen LogP contribution >= 0.6 is 0 Å². The van der Waals surface area contributed by atoms with Gasteiger partial charge in [-0.25, -0.2) is 14.8 Å². The highest BCUT2D eigenvalue weighted by Gasteiger charge is 2.07. The van der Waals surface area contributed by atoms with Gasteiger partial charge in [0.15, 0.2) is 0 Å². The summed E-state index contributed by atoms with van der Waals surface area (Å²) >= 11 is 0. The summed E-state index contributed by atoms with van der Waals surface area (Å²) in [5, 5.41) is 11.9. The van der Waals surface area contributed by atoms with Gasteiger partial charge in [-0.3, -0.25) is 0 Å². The molecule has 19 heavy (non-hydrogen) atoms. The molecular formula is C14H15N3O2. The quantitative estimate of drug-likeness (QED) is 0.884. The Morgan fingerprint density at radius 1 is 1.11 bits per heavy atom. The van der Waals surface area contributed by atoms with Gasteiger partial charge in [0.05, 0.1) is 5.56 Å². The van der Waals surface area contributed by atoms with Crippen LogP contribution in [0.3, 0.4) is 0 Å². The fourth-order valence-corrected chi connectivity index (χ4v) is 1.99. The first-order chi connectivity index (χ1) is 8.97. The van der Waals surface area contributed by atoms with Crippen LogP contribution in [-0.2, 0) is 0 Å². The van der Waals surface area contributed by atoms with E-state index in [1.165, 1.54) is 18.0 Å². The van der Waals surface area contributed by atoms with Gasteiger partial charge in [-0.2, -0.15) is 0 Å². The highest BCUT2D eigenvalue weighted by Crippen LogP contribution is 2.24. The van der Waals surface area contributed by atoms with Crippen LogP contribution in [0.1, 0.15) is 27.0 Å². The largest absolute Gasteiger partial charge is 0.478 e. The van der Waals surface area contributed by atoms with Crippen LogP contribution in [0.4, 0.5) is 11.6 Å². The molecule has 5 nitrogen and oxygen atoms in total. The molecule has 5 heteroatoms. The van der Waals surface area contributed by atoms with Crippen molar-refractivity contribution < 1.29 is 9.90 Å². The SMILES string of the molecule is Cc1cc(C)c(Nc2ncc(C(=O)O)cn2)c(C)c1. The Morgan fingerprint density at radius 3 is 2.11 bits per heavy atom. The van der Waals surface area contributed by atoms with Crippen molar-refractivity contribution in [3.8, 4) is 0 Å². The zero-order valence-corrected chi connectivity index (χ0v) is 11.1. The van der Waals surface area contributed by atoms with Gasteiger partial charge in [-0.1, -0.05) is 17.7 Å². The molecule has 2 aromatic rings. The summed E-state index contributed by atoms with van der Waals surface area (Å²) in [5.41, 5.74) is 4.42. The van der Waals surface area contributed by atoms with E-state index in [4.69, 9.17) is 5.11 Å². The second kappa shape index (κ2) is 5.06. The third-order valence-electron chi connectivity index (χ3n) is 2.81. The van der Waals surface area contributed by atoms with Crippen molar-refractivity contribution in [2.75, 3.05) is 5.32 Å². The van der Waals surface area contributed by atoms with E-state index in [9.17, 15) is 4.79 Å². The lowest BCUT2D eigenvalue weighted by Crippen LogP contribution is -2.04. The maximum Gasteiger partial charge on any atom is 0.338 e. The minimum Gasteiger partial charge on any atom is -0.478 e. The summed E-state index contributed by atoms with van der Waals surface area (Å²) in [7, 11) is 0. The summed E-state index contributed by atoms with van der Waals surface area (Å²) in [4.78, 5) is 18.7. The monoisotopic (exact) mass is 257 g/mol. The number of nitrogens with one attached hydrogen (secondary N) is 1. The number of benzene rings is 1. The van der Waals surface area contributed by atoms with Crippen molar-refractivity contribution >= 4 is 17.6 Å². The Labute approximate surface area is 111 Å². The van der Waals surface area contributed by atoms with Crippen LogP contribution in [0, 0.1) is 20.8 Å². The minimum absolute atomic E-state index is 0.0721. The lowest BCUT2D eigenvalue weighted by molar-refractivity contribution is 0.0696. The smallest absolute Gasteiger partial charge is 0.338 e. The Hall–Kier alpha value is -2.43. The minimum atomic E-state index is -1.03. The molecule has 2 rings (SSSR count). The molecule has 1 aromatic carbocycles. The number of hydrogen-bond donors (Lipinski definition) is 2. The molecule has 0 atom stereocenters. The van der Waals surface area contributed by atoms with Crippen molar-refractivity contribution in [2.24, 2.45) is 0 Å². The zero-order chi connectivity index (χ0) is 14.0. The third kappa shape index (κ3) is 2.88. The van der Waals surface area contributed by atoms with Crippen molar-refractivity contribution in [1.82, 2.24) is 9.97 Å². The predicted molar refractivity (Wildman–Crippen MR) is 72.9 cm³/mol. The average molecular weight is 257 g/mol. The molecule has 0 saturated heterocycles. The van der Waals surface area contributed by atoms with Crippen molar-refractivity contribution in [3.63, 3.8) is 0 Å². The molecule has 1 heterocycles. The van der Waals surface area contributed by atoms with Crippen LogP contribution in [0.2, 0.25) is 0 Å². The number of aromatic nitrogens is 2. The number of carbonyl (C=O) groups is 1. The molecule has 2 N–H and O–H groups in total. The Bertz CT molecular complexity index is 598. The maximum absolute atomic E-state index is 10.7. The third-order valence-corrected chi connectivity index (χ3v) is 2.81. The zero-order valence-electron chi connectivity index (χ0n) is 11.1. The Kier molecular flexibility index (Phi) is 3.46. The summed E-state index contributed by atoms with van der Waals surface area (Å²) < 4.78 is 0. The molecular weight excluding hydrogens is 242 g/mol. The normalized spacial score (nSPS) is 10.3. The van der Waals surface area contributed by atoms with Gasteiger partial charge < -0.3 is 10.4 Å². The number of anilines is 2. The molecule has 0 radical (unpaired) electrons. The van der Waals surface area contributed by atoms with E-state index in [1.54, 1.807) is 0 Å². The highest BCUT2D eigenvalue weighted by molar-refractivity contribution is 5.86. The fourth-order valence-electron chi connectivity index (χ4n) is 1.99. The Morgan fingerprint density at radius 2 is 1.63 bits per heavy atom. The average Bonchev–Trinajstić information content (AvgIpc) is 2.34. The van der Waals surface area contributed by atoms with Gasteiger partial charge in [0.2, 0.25) is 5.95 Å². The number of carboxylic acids is 1. The number of aryl methyl sites for hydroxylation is 3. The molecule has 0 aliphatic heterocycles. The van der Waals surface area contributed by atoms with E-state index < -0.39 is 5.97 Å². The topological polar surface area (TPSA) is 75.1 Å². The standard InChI is InChI=1S/C14H15N3O2/c1-8-4-9(2)12(10(3)5-8)17-14-15-6-11(7-16-14)13(18)19/h4-7H,1-3H3,(H,18,19)(H,15,16,17). The summed E-state index contributed by atoms with van der Waals surface area (Å²) in [6.07, 6.45) is 2.58. The first-order valence-electron chi connectivity index (χ1n) is 5.87. The Balaban J connectivity index is 2.29. The second-order valence-corrected chi connectivity index (χ2v) is 4.50. The molecule has 98 valence electrons. The van der Waals surface area contributed by atoms with E-state index in [-0.39, 0.29) is 5.56 Å². The van der Waals surface area contributed by atoms with Gasteiger partial charge >= 0.3 is 5.97 Å². The summed E-state index contributed by atoms with van der Waals surface area (Å²) in [6, 6.07) is 4.14. The van der Waals surface area contributed by atoms with E-state index >= 15 is 0 Å². The summed E-state index contributed by atoms with van der Waals surface area (Å²) in [5.74, 6) is -0.644. The molecule has 0 fully saturated rings. The number of hydrogen-bond acceptors (Lipinski definition) is 4. The van der Waals surface area contributed by atoms with Crippen LogP contribution in [0.25, 0.3) is 0 Å². The van der Waals surface area contributed by atoms with Crippen LogP contribution in [-0.4, -0.2) is 21.0 Å². The van der Waals surface area contributed by atoms with E-state index in [0.29, 0.717) is 5.95 Å². The molecule has 0 aliphatic rings. The van der Waals surface area contributed by atoms with Gasteiger partial charge in [0, 0.05) is 18.1 Å². The van der Waals surface area contributed by atoms with E-state index in [0.717, 1.165) is 16.8 Å². The molecule has 0 bridgehead atoms. The molecule has 0 aliphatic carbocycles. The number of aromatic carboxylic acids is 1. The number of rotatable bonds is 3. The van der Waals surface area contributed by atoms with Crippen molar-refractivity contribution in [2.45, 2.75) is 20.8 Å². The lowest BCUT2D eigenvalue weighted by atomic mass is 10.1. The highest BCUT2D eigenvalue weighted by atomic mass is 16.4. The van der Waals surface area contributed by atoms with Crippen molar-refractivity contribution in [1.29, 1.82) is 0 Å². The van der Waals surface area contributed by atoms with Gasteiger partial charge in [-0.15, -0.1) is 0 Å². The van der Waals surface area contributed by atoms with Gasteiger partial charge in [-0.05, 0) is 31.9 Å². The molecule has 0 saturated carbocycles. The van der Waals surface area contributed by atoms with Crippen LogP contribution in [0.15, 0.2) is 24.5 Å². The van der Waals surface area contributed by atoms with Gasteiger partial charge in [0.25, 0.3) is 0 Å². The first-order valence-corrected chi connectivity index (χ1v) is 5.87. The molecule has 0 spiro atoms. The van der Waals surface area contributed by atoms with Gasteiger partial charge in [0.1, 0.15) is 0 Å². The number of nitrogens with zero attached hydrogens (tertiary/aromatic N) is 2. The fraction of sp³-hybridized carbons (Fsp3) is 0.214. The second-order valence-electron chi connectivity index (χ2n) is 4.50. The van der Waals surface area contributed by atoms with E-state index in [1.807, 2.05) is 20.8 Å². The molecule has 0 amide bonds. The van der Waals surface area contributed by atoms with E-state index in [2.05, 4.69) is 27.4 Å². The molecule has 1 aromatic heterocycles.